The van der Waals surface area contributed by atoms with Gasteiger partial charge in [-0.2, -0.15) is 5.21 Å². The predicted octanol–water partition coefficient (Wildman–Crippen LogP) is -0.141. The molecule has 1 heterocycles. The van der Waals surface area contributed by atoms with E-state index in [-0.39, 0.29) is 11.9 Å². The topological polar surface area (TPSA) is 139 Å². The van der Waals surface area contributed by atoms with Crippen LogP contribution in [0.25, 0.3) is 0 Å². The molecule has 0 aliphatic rings. The number of nitrogens with two attached hydrogens (primary N) is 1. The van der Waals surface area contributed by atoms with Crippen LogP contribution in [0.15, 0.2) is 24.3 Å². The van der Waals surface area contributed by atoms with Crippen molar-refractivity contribution >= 4 is 11.9 Å². The Labute approximate surface area is 120 Å². The maximum atomic E-state index is 12.0. The number of nitrogens with one attached hydrogen (secondary N) is 3. The van der Waals surface area contributed by atoms with Gasteiger partial charge in [-0.25, -0.2) is 4.79 Å². The summed E-state index contributed by atoms with van der Waals surface area (Å²) in [5.41, 5.74) is 6.32. The second-order valence-electron chi connectivity index (χ2n) is 4.38. The van der Waals surface area contributed by atoms with Gasteiger partial charge in [0.15, 0.2) is 5.82 Å². The van der Waals surface area contributed by atoms with Crippen LogP contribution in [0.1, 0.15) is 34.7 Å². The van der Waals surface area contributed by atoms with E-state index in [2.05, 4.69) is 31.3 Å². The standard InChI is InChI=1S/C12H15N7O2/c1-7(10-16-18-19-17-10)15-11(20)9-4-2-8(3-5-9)6-14-12(13)21/h2-5,7H,6H2,1H3,(H,15,20)(H3,13,14,21)(H,16,17,18,19). The number of H-pyrrole nitrogens is 1. The van der Waals surface area contributed by atoms with Gasteiger partial charge in [-0.3, -0.25) is 4.79 Å². The van der Waals surface area contributed by atoms with Crippen molar-refractivity contribution in [1.29, 1.82) is 0 Å². The fraction of sp³-hybridized carbons (Fsp3) is 0.250. The molecule has 0 aliphatic carbocycles. The number of benzene rings is 1. The van der Waals surface area contributed by atoms with Crippen molar-refractivity contribution in [3.05, 3.63) is 41.2 Å². The van der Waals surface area contributed by atoms with Crippen molar-refractivity contribution < 1.29 is 9.59 Å². The third-order valence-corrected chi connectivity index (χ3v) is 2.78. The Balaban J connectivity index is 1.95. The molecule has 2 aromatic rings. The van der Waals surface area contributed by atoms with Gasteiger partial charge in [0, 0.05) is 12.1 Å². The molecule has 3 amide bonds. The van der Waals surface area contributed by atoms with Crippen molar-refractivity contribution in [3.63, 3.8) is 0 Å². The first-order valence-electron chi connectivity index (χ1n) is 6.22. The fourth-order valence-corrected chi connectivity index (χ4v) is 1.66. The molecular formula is C12H15N7O2. The summed E-state index contributed by atoms with van der Waals surface area (Å²) in [7, 11) is 0. The molecule has 0 saturated heterocycles. The quantitative estimate of drug-likeness (QED) is 0.606. The Hall–Kier alpha value is -2.97. The maximum Gasteiger partial charge on any atom is 0.312 e. The number of rotatable bonds is 5. The molecule has 0 aliphatic heterocycles. The van der Waals surface area contributed by atoms with Gasteiger partial charge in [0.05, 0.1) is 6.04 Å². The van der Waals surface area contributed by atoms with Gasteiger partial charge >= 0.3 is 6.03 Å². The highest BCUT2D eigenvalue weighted by Crippen LogP contribution is 2.08. The third-order valence-electron chi connectivity index (χ3n) is 2.78. The van der Waals surface area contributed by atoms with E-state index in [1.807, 2.05) is 0 Å². The zero-order valence-electron chi connectivity index (χ0n) is 11.3. The minimum Gasteiger partial charge on any atom is -0.352 e. The molecule has 9 heteroatoms. The Kier molecular flexibility index (Phi) is 4.44. The number of nitrogens with zero attached hydrogens (tertiary/aromatic N) is 3. The number of carbonyl (C=O) groups excluding carboxylic acids is 2. The Morgan fingerprint density at radius 3 is 2.62 bits per heavy atom. The number of primary amides is 1. The number of carbonyl (C=O) groups is 2. The second-order valence-corrected chi connectivity index (χ2v) is 4.38. The molecule has 110 valence electrons. The van der Waals surface area contributed by atoms with Crippen LogP contribution in [-0.4, -0.2) is 32.6 Å². The summed E-state index contributed by atoms with van der Waals surface area (Å²) in [5.74, 6) is 0.160. The molecule has 0 fully saturated rings. The van der Waals surface area contributed by atoms with E-state index in [9.17, 15) is 9.59 Å². The van der Waals surface area contributed by atoms with Crippen molar-refractivity contribution in [2.75, 3.05) is 0 Å². The summed E-state index contributed by atoms with van der Waals surface area (Å²) in [5, 5.41) is 18.6. The highest BCUT2D eigenvalue weighted by Gasteiger charge is 2.14. The minimum atomic E-state index is -0.592. The van der Waals surface area contributed by atoms with E-state index in [1.54, 1.807) is 31.2 Å². The van der Waals surface area contributed by atoms with Gasteiger partial charge in [-0.15, -0.1) is 10.2 Å². The van der Waals surface area contributed by atoms with Gasteiger partial charge < -0.3 is 16.4 Å². The molecule has 0 saturated carbocycles. The van der Waals surface area contributed by atoms with Crippen LogP contribution in [0.5, 0.6) is 0 Å². The van der Waals surface area contributed by atoms with Gasteiger partial charge in [0.25, 0.3) is 5.91 Å². The SMILES string of the molecule is CC(NC(=O)c1ccc(CNC(N)=O)cc1)c1nn[nH]n1. The molecule has 0 spiro atoms. The molecule has 0 radical (unpaired) electrons. The highest BCUT2D eigenvalue weighted by atomic mass is 16.2. The van der Waals surface area contributed by atoms with Crippen LogP contribution in [0.2, 0.25) is 0 Å². The van der Waals surface area contributed by atoms with Crippen molar-refractivity contribution in [3.8, 4) is 0 Å². The van der Waals surface area contributed by atoms with Crippen LogP contribution < -0.4 is 16.4 Å². The number of amides is 3. The molecule has 9 nitrogen and oxygen atoms in total. The smallest absolute Gasteiger partial charge is 0.312 e. The van der Waals surface area contributed by atoms with E-state index in [0.717, 1.165) is 5.56 Å². The lowest BCUT2D eigenvalue weighted by atomic mass is 10.1. The molecule has 5 N–H and O–H groups in total. The summed E-state index contributed by atoms with van der Waals surface area (Å²) >= 11 is 0. The van der Waals surface area contributed by atoms with E-state index < -0.39 is 6.03 Å². The van der Waals surface area contributed by atoms with Gasteiger partial charge in [0.1, 0.15) is 0 Å². The zero-order chi connectivity index (χ0) is 15.2. The van der Waals surface area contributed by atoms with Crippen LogP contribution in [0, 0.1) is 0 Å². The van der Waals surface area contributed by atoms with Crippen LogP contribution in [0.3, 0.4) is 0 Å². The van der Waals surface area contributed by atoms with Crippen molar-refractivity contribution in [2.24, 2.45) is 5.73 Å². The Bertz CT molecular complexity index is 609. The molecule has 1 atom stereocenters. The van der Waals surface area contributed by atoms with E-state index in [1.165, 1.54) is 0 Å². The van der Waals surface area contributed by atoms with E-state index in [4.69, 9.17) is 5.73 Å². The maximum absolute atomic E-state index is 12.0. The van der Waals surface area contributed by atoms with Crippen molar-refractivity contribution in [1.82, 2.24) is 31.3 Å². The third kappa shape index (κ3) is 4.00. The molecule has 2 rings (SSSR count). The number of hydrogen-bond acceptors (Lipinski definition) is 5. The van der Waals surface area contributed by atoms with Gasteiger partial charge in [-0.1, -0.05) is 17.3 Å². The molecule has 0 bridgehead atoms. The monoisotopic (exact) mass is 289 g/mol. The average molecular weight is 289 g/mol. The summed E-state index contributed by atoms with van der Waals surface area (Å²) in [6.07, 6.45) is 0. The van der Waals surface area contributed by atoms with Gasteiger partial charge in [0.2, 0.25) is 0 Å². The summed E-state index contributed by atoms with van der Waals surface area (Å²) in [6.45, 7) is 2.07. The lowest BCUT2D eigenvalue weighted by molar-refractivity contribution is 0.0938. The summed E-state index contributed by atoms with van der Waals surface area (Å²) in [6, 6.07) is 5.86. The summed E-state index contributed by atoms with van der Waals surface area (Å²) in [4.78, 5) is 22.6. The lowest BCUT2D eigenvalue weighted by Crippen LogP contribution is -2.29. The van der Waals surface area contributed by atoms with E-state index >= 15 is 0 Å². The number of aromatic nitrogens is 4. The van der Waals surface area contributed by atoms with Crippen molar-refractivity contribution in [2.45, 2.75) is 19.5 Å². The number of aromatic amines is 1. The molecule has 1 aromatic heterocycles. The highest BCUT2D eigenvalue weighted by molar-refractivity contribution is 5.94. The number of tetrazole rings is 1. The van der Waals surface area contributed by atoms with E-state index in [0.29, 0.717) is 17.9 Å². The summed E-state index contributed by atoms with van der Waals surface area (Å²) < 4.78 is 0. The first-order chi connectivity index (χ1) is 10.1. The number of hydrogen-bond donors (Lipinski definition) is 4. The second kappa shape index (κ2) is 6.46. The average Bonchev–Trinajstić information content (AvgIpc) is 3.00. The normalized spacial score (nSPS) is 11.7. The Morgan fingerprint density at radius 1 is 1.33 bits per heavy atom. The molecule has 1 aromatic carbocycles. The lowest BCUT2D eigenvalue weighted by Gasteiger charge is -2.10. The first-order valence-corrected chi connectivity index (χ1v) is 6.22. The van der Waals surface area contributed by atoms with Crippen LogP contribution >= 0.6 is 0 Å². The largest absolute Gasteiger partial charge is 0.352 e. The van der Waals surface area contributed by atoms with Crippen LogP contribution in [-0.2, 0) is 6.54 Å². The minimum absolute atomic E-state index is 0.248. The predicted molar refractivity (Wildman–Crippen MR) is 72.9 cm³/mol. The molecule has 21 heavy (non-hydrogen) atoms. The zero-order valence-corrected chi connectivity index (χ0v) is 11.3. The molecular weight excluding hydrogens is 274 g/mol. The first kappa shape index (κ1) is 14.4. The van der Waals surface area contributed by atoms with Crippen LogP contribution in [0.4, 0.5) is 4.79 Å². The fourth-order valence-electron chi connectivity index (χ4n) is 1.66. The number of urea groups is 1. The van der Waals surface area contributed by atoms with Gasteiger partial charge in [-0.05, 0) is 24.6 Å². The molecule has 1 unspecified atom stereocenters. The Morgan fingerprint density at radius 2 is 2.05 bits per heavy atom.